The molecule has 1 aromatic carbocycles. The number of benzene rings is 1. The highest BCUT2D eigenvalue weighted by Gasteiger charge is 2.31. The normalized spacial score (nSPS) is 15.9. The van der Waals surface area contributed by atoms with Gasteiger partial charge in [0.1, 0.15) is 0 Å². The summed E-state index contributed by atoms with van der Waals surface area (Å²) < 4.78 is 16.2. The standard InChI is InChI=1S/C21H27N3O5S/c1-6-24(7-2)19(26)12-30-21-15(11-22)14(10-18(25)23-21)13-8-16(27-3)20(29-5)17(9-13)28-4/h8-9,14H,6-7,10,12H2,1-5H3,(H,23,25)/t14-/m0/s1. The van der Waals surface area contributed by atoms with E-state index in [2.05, 4.69) is 11.4 Å². The number of carbonyl (C=O) groups is 2. The van der Waals surface area contributed by atoms with Crippen LogP contribution < -0.4 is 19.5 Å². The number of allylic oxidation sites excluding steroid dienone is 1. The zero-order valence-electron chi connectivity index (χ0n) is 17.9. The van der Waals surface area contributed by atoms with Crippen molar-refractivity contribution in [3.63, 3.8) is 0 Å². The van der Waals surface area contributed by atoms with Crippen LogP contribution in [0.1, 0.15) is 31.7 Å². The van der Waals surface area contributed by atoms with Crippen LogP contribution >= 0.6 is 11.8 Å². The molecule has 162 valence electrons. The fourth-order valence-electron chi connectivity index (χ4n) is 3.32. The van der Waals surface area contributed by atoms with Crippen LogP contribution in [0.15, 0.2) is 22.7 Å². The van der Waals surface area contributed by atoms with E-state index in [0.717, 1.165) is 0 Å². The Hall–Kier alpha value is -2.86. The minimum absolute atomic E-state index is 0.0426. The van der Waals surface area contributed by atoms with Gasteiger partial charge in [0.25, 0.3) is 0 Å². The predicted molar refractivity (Wildman–Crippen MR) is 115 cm³/mol. The van der Waals surface area contributed by atoms with Gasteiger partial charge in [-0.15, -0.1) is 0 Å². The topological polar surface area (TPSA) is 101 Å². The van der Waals surface area contributed by atoms with Crippen molar-refractivity contribution in [3.8, 4) is 23.3 Å². The van der Waals surface area contributed by atoms with E-state index in [9.17, 15) is 14.9 Å². The Balaban J connectivity index is 2.42. The summed E-state index contributed by atoms with van der Waals surface area (Å²) >= 11 is 1.17. The predicted octanol–water partition coefficient (Wildman–Crippen LogP) is 2.65. The molecular weight excluding hydrogens is 406 g/mol. The van der Waals surface area contributed by atoms with Gasteiger partial charge in [-0.25, -0.2) is 0 Å². The first kappa shape index (κ1) is 23.4. The molecule has 2 rings (SSSR count). The molecule has 1 aliphatic rings. The monoisotopic (exact) mass is 433 g/mol. The molecule has 0 aromatic heterocycles. The largest absolute Gasteiger partial charge is 0.493 e. The summed E-state index contributed by atoms with van der Waals surface area (Å²) in [5, 5.41) is 13.0. The molecule has 0 fully saturated rings. The van der Waals surface area contributed by atoms with E-state index >= 15 is 0 Å². The van der Waals surface area contributed by atoms with E-state index in [4.69, 9.17) is 14.2 Å². The lowest BCUT2D eigenvalue weighted by molar-refractivity contribution is -0.128. The third kappa shape index (κ3) is 5.00. The molecule has 30 heavy (non-hydrogen) atoms. The zero-order valence-corrected chi connectivity index (χ0v) is 18.7. The number of nitrogens with one attached hydrogen (secondary N) is 1. The van der Waals surface area contributed by atoms with Crippen molar-refractivity contribution in [1.29, 1.82) is 5.26 Å². The van der Waals surface area contributed by atoms with Gasteiger partial charge in [-0.3, -0.25) is 9.59 Å². The molecule has 0 saturated carbocycles. The van der Waals surface area contributed by atoms with Crippen LogP contribution in [-0.4, -0.2) is 56.9 Å². The van der Waals surface area contributed by atoms with E-state index < -0.39 is 5.92 Å². The molecule has 9 heteroatoms. The quantitative estimate of drug-likeness (QED) is 0.639. The number of methoxy groups -OCH3 is 3. The number of thioether (sulfide) groups is 1. The molecule has 1 aliphatic heterocycles. The van der Waals surface area contributed by atoms with Gasteiger partial charge in [-0.05, 0) is 31.5 Å². The number of nitriles is 1. The molecular formula is C21H27N3O5S. The van der Waals surface area contributed by atoms with Gasteiger partial charge in [0.2, 0.25) is 17.6 Å². The highest BCUT2D eigenvalue weighted by atomic mass is 32.2. The van der Waals surface area contributed by atoms with E-state index in [1.807, 2.05) is 13.8 Å². The number of hydrogen-bond donors (Lipinski definition) is 1. The molecule has 0 aliphatic carbocycles. The second-order valence-corrected chi connectivity index (χ2v) is 7.46. The molecule has 0 spiro atoms. The SMILES string of the molecule is CCN(CC)C(=O)CSC1=C(C#N)[C@H](c2cc(OC)c(OC)c(OC)c2)CC(=O)N1. The molecule has 1 aromatic rings. The summed E-state index contributed by atoms with van der Waals surface area (Å²) in [7, 11) is 4.53. The lowest BCUT2D eigenvalue weighted by Gasteiger charge is -2.26. The van der Waals surface area contributed by atoms with Crippen LogP contribution in [-0.2, 0) is 9.59 Å². The lowest BCUT2D eigenvalue weighted by Crippen LogP contribution is -2.34. The van der Waals surface area contributed by atoms with Gasteiger partial charge >= 0.3 is 0 Å². The summed E-state index contributed by atoms with van der Waals surface area (Å²) in [5.41, 5.74) is 1.10. The average Bonchev–Trinajstić information content (AvgIpc) is 2.76. The highest BCUT2D eigenvalue weighted by molar-refractivity contribution is 8.03. The number of nitrogens with zero attached hydrogens (tertiary/aromatic N) is 2. The lowest BCUT2D eigenvalue weighted by atomic mass is 9.86. The van der Waals surface area contributed by atoms with E-state index in [0.29, 0.717) is 46.5 Å². The Morgan fingerprint density at radius 3 is 2.27 bits per heavy atom. The van der Waals surface area contributed by atoms with Crippen molar-refractivity contribution >= 4 is 23.6 Å². The maximum absolute atomic E-state index is 12.4. The molecule has 8 nitrogen and oxygen atoms in total. The second kappa shape index (κ2) is 10.8. The Morgan fingerprint density at radius 2 is 1.80 bits per heavy atom. The number of carbonyl (C=O) groups excluding carboxylic acids is 2. The fraction of sp³-hybridized carbons (Fsp3) is 0.476. The molecule has 0 bridgehead atoms. The van der Waals surface area contributed by atoms with Crippen LogP contribution in [0.3, 0.4) is 0 Å². The summed E-state index contributed by atoms with van der Waals surface area (Å²) in [5.74, 6) is 0.728. The number of hydrogen-bond acceptors (Lipinski definition) is 7. The third-order valence-electron chi connectivity index (χ3n) is 4.90. The van der Waals surface area contributed by atoms with Crippen LogP contribution in [0.2, 0.25) is 0 Å². The molecule has 1 heterocycles. The van der Waals surface area contributed by atoms with E-state index in [-0.39, 0.29) is 24.0 Å². The van der Waals surface area contributed by atoms with E-state index in [1.54, 1.807) is 17.0 Å². The van der Waals surface area contributed by atoms with Crippen molar-refractivity contribution in [2.45, 2.75) is 26.2 Å². The van der Waals surface area contributed by atoms with Crippen molar-refractivity contribution in [1.82, 2.24) is 10.2 Å². The van der Waals surface area contributed by atoms with Crippen LogP contribution in [0, 0.1) is 11.3 Å². The minimum Gasteiger partial charge on any atom is -0.493 e. The summed E-state index contributed by atoms with van der Waals surface area (Å²) in [6, 6.07) is 5.70. The zero-order chi connectivity index (χ0) is 22.3. The van der Waals surface area contributed by atoms with Gasteiger partial charge < -0.3 is 24.4 Å². The molecule has 0 radical (unpaired) electrons. The van der Waals surface area contributed by atoms with E-state index in [1.165, 1.54) is 33.1 Å². The van der Waals surface area contributed by atoms with Gasteiger partial charge in [-0.2, -0.15) is 5.26 Å². The first-order valence-electron chi connectivity index (χ1n) is 9.58. The highest BCUT2D eigenvalue weighted by Crippen LogP contribution is 2.44. The Labute approximate surface area is 181 Å². The second-order valence-electron chi connectivity index (χ2n) is 6.47. The maximum atomic E-state index is 12.4. The van der Waals surface area contributed by atoms with Gasteiger partial charge in [0.15, 0.2) is 11.5 Å². The molecule has 1 N–H and O–H groups in total. The summed E-state index contributed by atoms with van der Waals surface area (Å²) in [4.78, 5) is 26.5. The van der Waals surface area contributed by atoms with Crippen molar-refractivity contribution in [2.24, 2.45) is 0 Å². The maximum Gasteiger partial charge on any atom is 0.232 e. The molecule has 1 atom stereocenters. The van der Waals surface area contributed by atoms with Crippen LogP contribution in [0.25, 0.3) is 0 Å². The summed E-state index contributed by atoms with van der Waals surface area (Å²) in [6.45, 7) is 5.05. The number of rotatable bonds is 9. The Bertz CT molecular complexity index is 849. The fourth-order valence-corrected chi connectivity index (χ4v) is 4.30. The van der Waals surface area contributed by atoms with Gasteiger partial charge in [0.05, 0.1) is 43.8 Å². The number of ether oxygens (including phenoxy) is 3. The minimum atomic E-state index is -0.483. The Morgan fingerprint density at radius 1 is 1.20 bits per heavy atom. The van der Waals surface area contributed by atoms with Gasteiger partial charge in [-0.1, -0.05) is 11.8 Å². The number of amides is 2. The average molecular weight is 434 g/mol. The summed E-state index contributed by atoms with van der Waals surface area (Å²) in [6.07, 6.45) is 0.107. The Kier molecular flexibility index (Phi) is 8.42. The van der Waals surface area contributed by atoms with Crippen LogP contribution in [0.4, 0.5) is 0 Å². The molecule has 0 saturated heterocycles. The smallest absolute Gasteiger partial charge is 0.232 e. The first-order chi connectivity index (χ1) is 14.4. The first-order valence-corrected chi connectivity index (χ1v) is 10.6. The van der Waals surface area contributed by atoms with Crippen molar-refractivity contribution in [2.75, 3.05) is 40.2 Å². The van der Waals surface area contributed by atoms with Crippen molar-refractivity contribution < 1.29 is 23.8 Å². The van der Waals surface area contributed by atoms with Crippen LogP contribution in [0.5, 0.6) is 17.2 Å². The van der Waals surface area contributed by atoms with Gasteiger partial charge in [0, 0.05) is 25.4 Å². The molecule has 2 amide bonds. The molecule has 0 unspecified atom stereocenters. The third-order valence-corrected chi connectivity index (χ3v) is 5.90. The van der Waals surface area contributed by atoms with Crippen molar-refractivity contribution in [3.05, 3.63) is 28.3 Å².